The maximum Gasteiger partial charge on any atom is 0.231 e. The third-order valence-corrected chi connectivity index (χ3v) is 4.30. The molecular formula is C18H31N7O. The Kier molecular flexibility index (Phi) is 7.65. The standard InChI is InChI=1S/C18H31N7O/c1-4-20-18(21-12-15-6-5-7-17(22-15)24(2)3)23-14-8-10-25(11-9-14)13-16(19)26/h5-7,14H,4,8-13H2,1-3H3,(H2,19,26)(H2,20,21,23). The molecule has 144 valence electrons. The van der Waals surface area contributed by atoms with Gasteiger partial charge in [0.15, 0.2) is 5.96 Å². The minimum Gasteiger partial charge on any atom is -0.369 e. The van der Waals surface area contributed by atoms with Crippen molar-refractivity contribution < 1.29 is 4.79 Å². The van der Waals surface area contributed by atoms with E-state index in [1.807, 2.05) is 37.2 Å². The van der Waals surface area contributed by atoms with Gasteiger partial charge in [0, 0.05) is 39.8 Å². The Morgan fingerprint density at radius 3 is 2.73 bits per heavy atom. The van der Waals surface area contributed by atoms with E-state index in [9.17, 15) is 4.79 Å². The molecule has 1 fully saturated rings. The van der Waals surface area contributed by atoms with E-state index in [-0.39, 0.29) is 5.91 Å². The monoisotopic (exact) mass is 361 g/mol. The number of aromatic nitrogens is 1. The van der Waals surface area contributed by atoms with Crippen molar-refractivity contribution in [2.24, 2.45) is 10.7 Å². The smallest absolute Gasteiger partial charge is 0.231 e. The van der Waals surface area contributed by atoms with Crippen LogP contribution in [-0.2, 0) is 11.3 Å². The van der Waals surface area contributed by atoms with Crippen molar-refractivity contribution in [1.82, 2.24) is 20.5 Å². The molecule has 1 aliphatic rings. The summed E-state index contributed by atoms with van der Waals surface area (Å²) in [6.45, 7) is 5.46. The Bertz CT molecular complexity index is 609. The molecule has 1 aromatic heterocycles. The number of nitrogens with two attached hydrogens (primary N) is 1. The van der Waals surface area contributed by atoms with E-state index < -0.39 is 0 Å². The van der Waals surface area contributed by atoms with E-state index in [4.69, 9.17) is 5.73 Å². The first-order valence-electron chi connectivity index (χ1n) is 9.16. The zero-order valence-corrected chi connectivity index (χ0v) is 16.0. The number of amides is 1. The number of pyridine rings is 1. The van der Waals surface area contributed by atoms with E-state index in [2.05, 4.69) is 32.4 Å². The highest BCUT2D eigenvalue weighted by Gasteiger charge is 2.20. The normalized spacial score (nSPS) is 16.3. The summed E-state index contributed by atoms with van der Waals surface area (Å²) in [4.78, 5) is 24.4. The number of nitrogens with zero attached hydrogens (tertiary/aromatic N) is 4. The molecular weight excluding hydrogens is 330 g/mol. The van der Waals surface area contributed by atoms with Gasteiger partial charge in [-0.05, 0) is 31.9 Å². The lowest BCUT2D eigenvalue weighted by atomic mass is 10.1. The van der Waals surface area contributed by atoms with Crippen molar-refractivity contribution in [2.75, 3.05) is 45.2 Å². The lowest BCUT2D eigenvalue weighted by Gasteiger charge is -2.32. The molecule has 0 aromatic carbocycles. The molecule has 1 saturated heterocycles. The second kappa shape index (κ2) is 9.96. The van der Waals surface area contributed by atoms with E-state index in [1.54, 1.807) is 0 Å². The van der Waals surface area contributed by atoms with Gasteiger partial charge in [-0.15, -0.1) is 0 Å². The summed E-state index contributed by atoms with van der Waals surface area (Å²) in [5, 5.41) is 6.79. The van der Waals surface area contributed by atoms with Crippen LogP contribution in [0, 0.1) is 0 Å². The summed E-state index contributed by atoms with van der Waals surface area (Å²) in [6, 6.07) is 6.32. The average Bonchev–Trinajstić information content (AvgIpc) is 2.61. The van der Waals surface area contributed by atoms with Crippen LogP contribution in [0.2, 0.25) is 0 Å². The zero-order chi connectivity index (χ0) is 18.9. The molecule has 0 saturated carbocycles. The van der Waals surface area contributed by atoms with Crippen LogP contribution < -0.4 is 21.3 Å². The summed E-state index contributed by atoms with van der Waals surface area (Å²) in [6.07, 6.45) is 1.93. The summed E-state index contributed by atoms with van der Waals surface area (Å²) >= 11 is 0. The molecule has 2 rings (SSSR count). The molecule has 1 aromatic rings. The predicted octanol–water partition coefficient (Wildman–Crippen LogP) is 0.152. The van der Waals surface area contributed by atoms with Crippen molar-refractivity contribution in [1.29, 1.82) is 0 Å². The number of hydrogen-bond acceptors (Lipinski definition) is 5. The summed E-state index contributed by atoms with van der Waals surface area (Å²) in [5.74, 6) is 1.47. The summed E-state index contributed by atoms with van der Waals surface area (Å²) < 4.78 is 0. The van der Waals surface area contributed by atoms with Gasteiger partial charge in [0.25, 0.3) is 0 Å². The van der Waals surface area contributed by atoms with Gasteiger partial charge < -0.3 is 21.3 Å². The van der Waals surface area contributed by atoms with Gasteiger partial charge in [0.2, 0.25) is 5.91 Å². The van der Waals surface area contributed by atoms with Crippen LogP contribution in [0.5, 0.6) is 0 Å². The number of nitrogens with one attached hydrogen (secondary N) is 2. The minimum absolute atomic E-state index is 0.265. The largest absolute Gasteiger partial charge is 0.369 e. The third kappa shape index (κ3) is 6.51. The first-order valence-corrected chi connectivity index (χ1v) is 9.16. The van der Waals surface area contributed by atoms with Crippen LogP contribution in [0.15, 0.2) is 23.2 Å². The van der Waals surface area contributed by atoms with Crippen LogP contribution in [0.3, 0.4) is 0 Å². The average molecular weight is 361 g/mol. The molecule has 0 radical (unpaired) electrons. The number of piperidine rings is 1. The number of anilines is 1. The molecule has 26 heavy (non-hydrogen) atoms. The number of carbonyl (C=O) groups is 1. The van der Waals surface area contributed by atoms with E-state index >= 15 is 0 Å². The first kappa shape index (κ1) is 20.0. The quantitative estimate of drug-likeness (QED) is 0.472. The molecule has 1 aliphatic heterocycles. The Labute approximate surface area is 155 Å². The lowest BCUT2D eigenvalue weighted by Crippen LogP contribution is -2.49. The van der Waals surface area contributed by atoms with Crippen molar-refractivity contribution in [2.45, 2.75) is 32.4 Å². The second-order valence-electron chi connectivity index (χ2n) is 6.74. The minimum atomic E-state index is -0.265. The number of carbonyl (C=O) groups excluding carboxylic acids is 1. The Morgan fingerprint density at radius 2 is 2.12 bits per heavy atom. The molecule has 0 unspecified atom stereocenters. The van der Waals surface area contributed by atoms with Gasteiger partial charge in [-0.25, -0.2) is 9.98 Å². The second-order valence-corrected chi connectivity index (χ2v) is 6.74. The Hall–Kier alpha value is -2.35. The van der Waals surface area contributed by atoms with Crippen molar-refractivity contribution in [3.05, 3.63) is 23.9 Å². The van der Waals surface area contributed by atoms with E-state index in [0.717, 1.165) is 49.9 Å². The van der Waals surface area contributed by atoms with E-state index in [1.165, 1.54) is 0 Å². The first-order chi connectivity index (χ1) is 12.5. The SMILES string of the molecule is CCNC(=NCc1cccc(N(C)C)n1)NC1CCN(CC(N)=O)CC1. The molecule has 0 atom stereocenters. The van der Waals surface area contributed by atoms with Gasteiger partial charge in [-0.1, -0.05) is 6.07 Å². The van der Waals surface area contributed by atoms with Crippen molar-refractivity contribution >= 4 is 17.7 Å². The number of guanidine groups is 1. The van der Waals surface area contributed by atoms with Gasteiger partial charge >= 0.3 is 0 Å². The molecule has 8 heteroatoms. The van der Waals surface area contributed by atoms with Gasteiger partial charge in [0.05, 0.1) is 18.8 Å². The highest BCUT2D eigenvalue weighted by molar-refractivity contribution is 5.80. The van der Waals surface area contributed by atoms with Gasteiger partial charge in [-0.3, -0.25) is 9.69 Å². The highest BCUT2D eigenvalue weighted by atomic mass is 16.1. The number of rotatable bonds is 7. The van der Waals surface area contributed by atoms with Crippen LogP contribution in [0.1, 0.15) is 25.5 Å². The molecule has 2 heterocycles. The molecule has 0 aliphatic carbocycles. The molecule has 8 nitrogen and oxygen atoms in total. The van der Waals surface area contributed by atoms with Gasteiger partial charge in [0.1, 0.15) is 5.82 Å². The number of likely N-dealkylation sites (tertiary alicyclic amines) is 1. The van der Waals surface area contributed by atoms with Crippen LogP contribution in [0.4, 0.5) is 5.82 Å². The lowest BCUT2D eigenvalue weighted by molar-refractivity contribution is -0.119. The molecule has 4 N–H and O–H groups in total. The fraction of sp³-hybridized carbons (Fsp3) is 0.611. The summed E-state index contributed by atoms with van der Waals surface area (Å²) in [7, 11) is 3.96. The maximum absolute atomic E-state index is 11.0. The van der Waals surface area contributed by atoms with E-state index in [0.29, 0.717) is 19.1 Å². The topological polar surface area (TPSA) is 98.9 Å². The van der Waals surface area contributed by atoms with Crippen molar-refractivity contribution in [3.8, 4) is 0 Å². The Morgan fingerprint density at radius 1 is 1.38 bits per heavy atom. The predicted molar refractivity (Wildman–Crippen MR) is 105 cm³/mol. The molecule has 1 amide bonds. The summed E-state index contributed by atoms with van der Waals surface area (Å²) in [5.41, 5.74) is 6.20. The van der Waals surface area contributed by atoms with Crippen LogP contribution >= 0.6 is 0 Å². The highest BCUT2D eigenvalue weighted by Crippen LogP contribution is 2.11. The molecule has 0 bridgehead atoms. The Balaban J connectivity index is 1.91. The maximum atomic E-state index is 11.0. The fourth-order valence-electron chi connectivity index (χ4n) is 2.93. The van der Waals surface area contributed by atoms with Crippen LogP contribution in [-0.4, -0.2) is 68.1 Å². The number of hydrogen-bond donors (Lipinski definition) is 3. The van der Waals surface area contributed by atoms with Gasteiger partial charge in [-0.2, -0.15) is 0 Å². The number of aliphatic imine (C=N–C) groups is 1. The zero-order valence-electron chi connectivity index (χ0n) is 16.0. The molecule has 0 spiro atoms. The third-order valence-electron chi connectivity index (χ3n) is 4.30. The fourth-order valence-corrected chi connectivity index (χ4v) is 2.93. The van der Waals surface area contributed by atoms with Crippen molar-refractivity contribution in [3.63, 3.8) is 0 Å². The number of primary amides is 1. The van der Waals surface area contributed by atoms with Crippen LogP contribution in [0.25, 0.3) is 0 Å².